The highest BCUT2D eigenvalue weighted by atomic mass is 32.2. The molecule has 0 spiro atoms. The monoisotopic (exact) mass is 304 g/mol. The van der Waals surface area contributed by atoms with Gasteiger partial charge in [0.1, 0.15) is 0 Å². The molecule has 0 unspecified atom stereocenters. The van der Waals surface area contributed by atoms with Gasteiger partial charge < -0.3 is 5.32 Å². The van der Waals surface area contributed by atoms with E-state index in [1.165, 1.54) is 17.8 Å². The molecule has 0 saturated carbocycles. The molecule has 0 fully saturated rings. The average Bonchev–Trinajstić information content (AvgIpc) is 2.32. The molecule has 1 aromatic rings. The van der Waals surface area contributed by atoms with Gasteiger partial charge in [-0.15, -0.1) is 11.8 Å². The highest BCUT2D eigenvalue weighted by Crippen LogP contribution is 2.29. The fourth-order valence-electron chi connectivity index (χ4n) is 1.25. The van der Waals surface area contributed by atoms with E-state index in [2.05, 4.69) is 37.7 Å². The van der Waals surface area contributed by atoms with Crippen LogP contribution in [0.15, 0.2) is 35.5 Å². The van der Waals surface area contributed by atoms with E-state index >= 15 is 0 Å². The van der Waals surface area contributed by atoms with Crippen molar-refractivity contribution in [2.24, 2.45) is 0 Å². The minimum Gasteiger partial charge on any atom is -0.308 e. The maximum absolute atomic E-state index is 12.4. The Morgan fingerprint density at radius 3 is 2.40 bits per heavy atom. The highest BCUT2D eigenvalue weighted by molar-refractivity contribution is 7.99. The Morgan fingerprint density at radius 1 is 1.30 bits per heavy atom. The fraction of sp³-hybridized carbons (Fsp3) is 0.500. The lowest BCUT2D eigenvalue weighted by Gasteiger charge is -2.21. The molecule has 6 heteroatoms. The molecule has 0 saturated heterocycles. The van der Waals surface area contributed by atoms with Gasteiger partial charge in [0.2, 0.25) is 0 Å². The lowest BCUT2D eigenvalue weighted by molar-refractivity contribution is -0.137. The molecule has 1 aromatic heterocycles. The van der Waals surface area contributed by atoms with Crippen molar-refractivity contribution < 1.29 is 13.2 Å². The van der Waals surface area contributed by atoms with E-state index in [1.54, 1.807) is 0 Å². The van der Waals surface area contributed by atoms with Crippen LogP contribution in [0.4, 0.5) is 13.2 Å². The van der Waals surface area contributed by atoms with E-state index in [4.69, 9.17) is 0 Å². The van der Waals surface area contributed by atoms with Crippen molar-refractivity contribution in [2.45, 2.75) is 37.5 Å². The largest absolute Gasteiger partial charge is 0.417 e. The predicted molar refractivity (Wildman–Crippen MR) is 76.9 cm³/mol. The van der Waals surface area contributed by atoms with E-state index in [0.29, 0.717) is 17.3 Å². The maximum Gasteiger partial charge on any atom is 0.417 e. The molecule has 1 N–H and O–H groups in total. The topological polar surface area (TPSA) is 24.9 Å². The van der Waals surface area contributed by atoms with Crippen molar-refractivity contribution in [3.8, 4) is 0 Å². The van der Waals surface area contributed by atoms with Crippen LogP contribution in [0.3, 0.4) is 0 Å². The number of pyridine rings is 1. The van der Waals surface area contributed by atoms with Gasteiger partial charge in [-0.3, -0.25) is 0 Å². The summed E-state index contributed by atoms with van der Waals surface area (Å²) < 4.78 is 37.1. The van der Waals surface area contributed by atoms with Gasteiger partial charge in [-0.05, 0) is 32.9 Å². The first-order valence-corrected chi connectivity index (χ1v) is 7.14. The molecule has 0 amide bonds. The summed E-state index contributed by atoms with van der Waals surface area (Å²) in [6.07, 6.45) is -3.48. The second-order valence-electron chi connectivity index (χ2n) is 5.53. The third-order valence-corrected chi connectivity index (χ3v) is 3.45. The van der Waals surface area contributed by atoms with Crippen LogP contribution in [-0.2, 0) is 6.18 Å². The van der Waals surface area contributed by atoms with Crippen molar-refractivity contribution in [2.75, 3.05) is 12.3 Å². The van der Waals surface area contributed by atoms with Crippen molar-refractivity contribution in [1.29, 1.82) is 0 Å². The number of hydrogen-bond donors (Lipinski definition) is 1. The van der Waals surface area contributed by atoms with Crippen LogP contribution < -0.4 is 5.32 Å². The number of thioether (sulfide) groups is 1. The Balaban J connectivity index is 2.44. The lowest BCUT2D eigenvalue weighted by Crippen LogP contribution is -2.37. The Labute approximate surface area is 121 Å². The molecule has 0 aliphatic rings. The lowest BCUT2D eigenvalue weighted by atomic mass is 10.1. The molecule has 1 rings (SSSR count). The number of nitrogens with zero attached hydrogens (tertiary/aromatic N) is 1. The summed E-state index contributed by atoms with van der Waals surface area (Å²) in [5, 5.41) is 3.87. The third-order valence-electron chi connectivity index (χ3n) is 2.36. The molecule has 0 atom stereocenters. The Kier molecular flexibility index (Phi) is 5.65. The molecule has 0 aliphatic heterocycles. The molecule has 2 nitrogen and oxygen atoms in total. The van der Waals surface area contributed by atoms with Crippen LogP contribution in [0.5, 0.6) is 0 Å². The van der Waals surface area contributed by atoms with Gasteiger partial charge in [0.05, 0.1) is 10.6 Å². The summed E-state index contributed by atoms with van der Waals surface area (Å²) in [6.45, 7) is 10.8. The van der Waals surface area contributed by atoms with Crippen molar-refractivity contribution in [3.63, 3.8) is 0 Å². The number of aromatic nitrogens is 1. The number of hydrogen-bond acceptors (Lipinski definition) is 3. The fourth-order valence-corrected chi connectivity index (χ4v) is 2.00. The standard InChI is InChI=1S/C14H19F3N2S/c1-10(7-19-13(2,3)4)9-20-12-6-5-11(8-18-12)14(15,16)17/h5-6,8,19H,1,7,9H2,2-4H3. The molecule has 20 heavy (non-hydrogen) atoms. The summed E-state index contributed by atoms with van der Waals surface area (Å²) >= 11 is 1.38. The molecule has 0 radical (unpaired) electrons. The first-order valence-electron chi connectivity index (χ1n) is 6.16. The van der Waals surface area contributed by atoms with Gasteiger partial charge >= 0.3 is 6.18 Å². The second-order valence-corrected chi connectivity index (χ2v) is 6.52. The van der Waals surface area contributed by atoms with Crippen LogP contribution >= 0.6 is 11.8 Å². The van der Waals surface area contributed by atoms with E-state index in [0.717, 1.165) is 17.8 Å². The summed E-state index contributed by atoms with van der Waals surface area (Å²) in [6, 6.07) is 2.43. The van der Waals surface area contributed by atoms with E-state index in [1.807, 2.05) is 0 Å². The van der Waals surface area contributed by atoms with Gasteiger partial charge in [0.25, 0.3) is 0 Å². The molecule has 0 bridgehead atoms. The molecular formula is C14H19F3N2S. The molecule has 0 aliphatic carbocycles. The van der Waals surface area contributed by atoms with E-state index in [-0.39, 0.29) is 5.54 Å². The summed E-state index contributed by atoms with van der Waals surface area (Å²) in [5.41, 5.74) is 0.266. The van der Waals surface area contributed by atoms with Crippen LogP contribution in [0, 0.1) is 0 Å². The zero-order valence-corrected chi connectivity index (χ0v) is 12.7. The zero-order valence-electron chi connectivity index (χ0n) is 11.8. The maximum atomic E-state index is 12.4. The first-order chi connectivity index (χ1) is 9.08. The van der Waals surface area contributed by atoms with Crippen LogP contribution in [0.2, 0.25) is 0 Å². The summed E-state index contributed by atoms with van der Waals surface area (Å²) in [4.78, 5) is 3.81. The van der Waals surface area contributed by atoms with E-state index in [9.17, 15) is 13.2 Å². The van der Waals surface area contributed by atoms with Crippen molar-refractivity contribution in [1.82, 2.24) is 10.3 Å². The van der Waals surface area contributed by atoms with Crippen molar-refractivity contribution >= 4 is 11.8 Å². The van der Waals surface area contributed by atoms with Crippen molar-refractivity contribution in [3.05, 3.63) is 36.0 Å². The second kappa shape index (κ2) is 6.63. The average molecular weight is 304 g/mol. The number of halogens is 3. The number of alkyl halides is 3. The summed E-state index contributed by atoms with van der Waals surface area (Å²) in [5.74, 6) is 0.626. The molecule has 0 aromatic carbocycles. The highest BCUT2D eigenvalue weighted by Gasteiger charge is 2.30. The predicted octanol–water partition coefficient (Wildman–Crippen LogP) is 4.14. The summed E-state index contributed by atoms with van der Waals surface area (Å²) in [7, 11) is 0. The van der Waals surface area contributed by atoms with Gasteiger partial charge in [0, 0.05) is 24.0 Å². The normalized spacial score (nSPS) is 12.5. The number of rotatable bonds is 5. The smallest absolute Gasteiger partial charge is 0.308 e. The van der Waals surface area contributed by atoms with Crippen LogP contribution in [0.25, 0.3) is 0 Å². The van der Waals surface area contributed by atoms with Gasteiger partial charge in [0.15, 0.2) is 0 Å². The van der Waals surface area contributed by atoms with Crippen LogP contribution in [-0.4, -0.2) is 22.8 Å². The first kappa shape index (κ1) is 17.0. The Morgan fingerprint density at radius 2 is 1.95 bits per heavy atom. The minimum atomic E-state index is -4.34. The third kappa shape index (κ3) is 6.43. The minimum absolute atomic E-state index is 0.0141. The Bertz CT molecular complexity index is 447. The molecule has 1 heterocycles. The van der Waals surface area contributed by atoms with Gasteiger partial charge in [-0.2, -0.15) is 13.2 Å². The van der Waals surface area contributed by atoms with Gasteiger partial charge in [-0.1, -0.05) is 12.2 Å². The number of nitrogens with one attached hydrogen (secondary N) is 1. The quantitative estimate of drug-likeness (QED) is 0.654. The molecular weight excluding hydrogens is 285 g/mol. The Hall–Kier alpha value is -1.01. The van der Waals surface area contributed by atoms with Crippen LogP contribution in [0.1, 0.15) is 26.3 Å². The molecule has 112 valence electrons. The zero-order chi connectivity index (χ0) is 15.4. The van der Waals surface area contributed by atoms with E-state index < -0.39 is 11.7 Å². The SMILES string of the molecule is C=C(CNC(C)(C)C)CSc1ccc(C(F)(F)F)cn1. The van der Waals surface area contributed by atoms with Gasteiger partial charge in [-0.25, -0.2) is 4.98 Å².